The topological polar surface area (TPSA) is 209 Å². The van der Waals surface area contributed by atoms with Crippen LogP contribution in [0.25, 0.3) is 0 Å². The van der Waals surface area contributed by atoms with Crippen molar-refractivity contribution in [3.8, 4) is 0 Å². The molecule has 2 saturated heterocycles. The van der Waals surface area contributed by atoms with Gasteiger partial charge in [0.15, 0.2) is 12.6 Å². The fourth-order valence-electron chi connectivity index (χ4n) is 4.15. The molecule has 0 saturated carbocycles. The van der Waals surface area contributed by atoms with Crippen molar-refractivity contribution in [2.45, 2.75) is 81.0 Å². The molecule has 0 unspecified atom stereocenters. The maximum absolute atomic E-state index is 10.6. The largest absolute Gasteiger partial charge is 0.394 e. The minimum Gasteiger partial charge on any atom is -0.394 e. The minimum absolute atomic E-state index is 0.0975. The first-order valence-electron chi connectivity index (χ1n) is 11.3. The van der Waals surface area contributed by atoms with Crippen molar-refractivity contribution in [3.63, 3.8) is 0 Å². The number of aliphatic hydroxyl groups is 7. The van der Waals surface area contributed by atoms with Crippen LogP contribution in [0.1, 0.15) is 12.1 Å². The molecule has 0 spiro atoms. The van der Waals surface area contributed by atoms with E-state index in [0.29, 0.717) is 12.2 Å². The zero-order valence-corrected chi connectivity index (χ0v) is 18.7. The van der Waals surface area contributed by atoms with Crippen molar-refractivity contribution in [2.24, 2.45) is 0 Å². The Labute approximate surface area is 200 Å². The molecule has 14 heteroatoms. The lowest BCUT2D eigenvalue weighted by atomic mass is 9.97. The molecule has 1 aliphatic carbocycles. The summed E-state index contributed by atoms with van der Waals surface area (Å²) in [5.74, 6) is 0. The molecular formula is C21H31N3O11. The first-order valence-corrected chi connectivity index (χ1v) is 11.3. The second-order valence-corrected chi connectivity index (χ2v) is 8.64. The van der Waals surface area contributed by atoms with Crippen molar-refractivity contribution in [2.75, 3.05) is 13.2 Å². The maximum Gasteiger partial charge on any atom is 0.187 e. The fourth-order valence-corrected chi connectivity index (χ4v) is 4.15. The van der Waals surface area contributed by atoms with Crippen LogP contribution in [0.2, 0.25) is 0 Å². The molecule has 2 aliphatic heterocycles. The number of aromatic nitrogens is 3. The maximum atomic E-state index is 10.6. The Kier molecular flexibility index (Phi) is 8.62. The van der Waals surface area contributed by atoms with Crippen molar-refractivity contribution in [3.05, 3.63) is 35.7 Å². The molecular weight excluding hydrogens is 470 g/mol. The highest BCUT2D eigenvalue weighted by atomic mass is 16.7. The molecule has 3 heterocycles. The zero-order chi connectivity index (χ0) is 25.1. The quantitative estimate of drug-likeness (QED) is 0.174. The van der Waals surface area contributed by atoms with Crippen LogP contribution in [0.3, 0.4) is 0 Å². The first-order chi connectivity index (χ1) is 16.8. The van der Waals surface area contributed by atoms with E-state index >= 15 is 0 Å². The molecule has 0 bridgehead atoms. The van der Waals surface area contributed by atoms with Crippen molar-refractivity contribution in [1.82, 2.24) is 15.0 Å². The predicted molar refractivity (Wildman–Crippen MR) is 113 cm³/mol. The number of rotatable bonds is 9. The van der Waals surface area contributed by atoms with Crippen LogP contribution in [0, 0.1) is 0 Å². The van der Waals surface area contributed by atoms with E-state index in [1.807, 2.05) is 12.2 Å². The summed E-state index contributed by atoms with van der Waals surface area (Å²) in [5.41, 5.74) is 1.56. The molecule has 196 valence electrons. The van der Waals surface area contributed by atoms with E-state index in [2.05, 4.69) is 16.4 Å². The van der Waals surface area contributed by atoms with Gasteiger partial charge in [-0.2, -0.15) is 0 Å². The lowest BCUT2D eigenvalue weighted by Gasteiger charge is -2.45. The Hall–Kier alpha value is -1.82. The monoisotopic (exact) mass is 501 g/mol. The molecule has 0 radical (unpaired) electrons. The molecule has 0 aromatic carbocycles. The summed E-state index contributed by atoms with van der Waals surface area (Å²) in [4.78, 5) is 0. The summed E-state index contributed by atoms with van der Waals surface area (Å²) in [6.07, 6.45) is -6.39. The molecule has 10 atom stereocenters. The van der Waals surface area contributed by atoms with Crippen LogP contribution in [-0.2, 0) is 32.1 Å². The summed E-state index contributed by atoms with van der Waals surface area (Å²) >= 11 is 0. The third-order valence-corrected chi connectivity index (χ3v) is 6.13. The van der Waals surface area contributed by atoms with E-state index in [-0.39, 0.29) is 6.61 Å². The second-order valence-electron chi connectivity index (χ2n) is 8.64. The van der Waals surface area contributed by atoms with Crippen LogP contribution < -0.4 is 0 Å². The van der Waals surface area contributed by atoms with Gasteiger partial charge in [0, 0.05) is 0 Å². The number of allylic oxidation sites excluding steroid dienone is 4. The molecule has 4 rings (SSSR count). The molecule has 1 aromatic heterocycles. The van der Waals surface area contributed by atoms with Crippen molar-refractivity contribution in [1.29, 1.82) is 0 Å². The number of ether oxygens (including phenoxy) is 4. The van der Waals surface area contributed by atoms with Crippen molar-refractivity contribution >= 4 is 0 Å². The van der Waals surface area contributed by atoms with Gasteiger partial charge in [-0.25, -0.2) is 4.68 Å². The number of hydrogen-bond acceptors (Lipinski definition) is 13. The molecule has 1 aromatic rings. The van der Waals surface area contributed by atoms with Gasteiger partial charge in [-0.15, -0.1) is 5.10 Å². The third-order valence-electron chi connectivity index (χ3n) is 6.13. The average molecular weight is 501 g/mol. The highest BCUT2D eigenvalue weighted by molar-refractivity contribution is 5.25. The van der Waals surface area contributed by atoms with E-state index in [1.165, 1.54) is 0 Å². The Morgan fingerprint density at radius 3 is 2.31 bits per heavy atom. The smallest absolute Gasteiger partial charge is 0.187 e. The van der Waals surface area contributed by atoms with Gasteiger partial charge in [-0.3, -0.25) is 0 Å². The number of nitrogens with zero attached hydrogens (tertiary/aromatic N) is 3. The van der Waals surface area contributed by atoms with Crippen LogP contribution in [-0.4, -0.2) is 125 Å². The van der Waals surface area contributed by atoms with Crippen LogP contribution in [0.15, 0.2) is 30.0 Å². The van der Waals surface area contributed by atoms with E-state index < -0.39 is 74.6 Å². The molecule has 3 aliphatic rings. The van der Waals surface area contributed by atoms with E-state index in [9.17, 15) is 35.7 Å². The van der Waals surface area contributed by atoms with Gasteiger partial charge in [0.2, 0.25) is 0 Å². The first kappa shape index (κ1) is 26.2. The van der Waals surface area contributed by atoms with E-state index in [1.54, 1.807) is 10.9 Å². The summed E-state index contributed by atoms with van der Waals surface area (Å²) in [7, 11) is 0. The van der Waals surface area contributed by atoms with Gasteiger partial charge in [-0.1, -0.05) is 23.4 Å². The minimum atomic E-state index is -1.73. The summed E-state index contributed by atoms with van der Waals surface area (Å²) in [5, 5.41) is 78.3. The lowest BCUT2D eigenvalue weighted by Crippen LogP contribution is -2.64. The Balaban J connectivity index is 1.35. The number of aliphatic hydroxyl groups excluding tert-OH is 7. The van der Waals surface area contributed by atoms with E-state index in [0.717, 1.165) is 12.0 Å². The molecule has 7 N–H and O–H groups in total. The number of hydrogen-bond donors (Lipinski definition) is 7. The van der Waals surface area contributed by atoms with Gasteiger partial charge in [-0.05, 0) is 12.0 Å². The fraction of sp³-hybridized carbons (Fsp3) is 0.714. The molecule has 2 fully saturated rings. The summed E-state index contributed by atoms with van der Waals surface area (Å²) in [6.45, 7) is -0.867. The zero-order valence-electron chi connectivity index (χ0n) is 18.7. The van der Waals surface area contributed by atoms with Gasteiger partial charge >= 0.3 is 0 Å². The normalized spacial score (nSPS) is 39.7. The summed E-state index contributed by atoms with van der Waals surface area (Å²) < 4.78 is 23.6. The van der Waals surface area contributed by atoms with Crippen LogP contribution >= 0.6 is 0 Å². The standard InChI is InChI=1S/C21H31N3O11/c25-7-12-14(27)15(28)17(30)21(33-12)35-19-13(8-26)34-20(18(31)16(19)29)32-9-11-6-24(23-22-11)5-10-3-1-2-4-10/h1,3-4,6,12-21,25-31H,2,5,7-9H2/t12-,13-,14+,15+,16-,17-,18-,19-,20-,21+/m1/s1. The molecule has 0 amide bonds. The van der Waals surface area contributed by atoms with E-state index in [4.69, 9.17) is 18.9 Å². The lowest BCUT2D eigenvalue weighted by molar-refractivity contribution is -0.360. The predicted octanol–water partition coefficient (Wildman–Crippen LogP) is -3.69. The molecule has 35 heavy (non-hydrogen) atoms. The molecule has 14 nitrogen and oxygen atoms in total. The van der Waals surface area contributed by atoms with Gasteiger partial charge in [0.25, 0.3) is 0 Å². The Morgan fingerprint density at radius 2 is 1.63 bits per heavy atom. The van der Waals surface area contributed by atoms with Gasteiger partial charge in [0.05, 0.1) is 32.6 Å². The van der Waals surface area contributed by atoms with Gasteiger partial charge < -0.3 is 54.7 Å². The highest BCUT2D eigenvalue weighted by Gasteiger charge is 2.50. The van der Waals surface area contributed by atoms with Gasteiger partial charge in [0.1, 0.15) is 54.5 Å². The second kappa shape index (κ2) is 11.5. The third kappa shape index (κ3) is 5.79. The van der Waals surface area contributed by atoms with Crippen molar-refractivity contribution < 1.29 is 54.7 Å². The highest BCUT2D eigenvalue weighted by Crippen LogP contribution is 2.29. The van der Waals surface area contributed by atoms with Crippen LogP contribution in [0.5, 0.6) is 0 Å². The summed E-state index contributed by atoms with van der Waals surface area (Å²) in [6, 6.07) is 0. The van der Waals surface area contributed by atoms with Crippen LogP contribution in [0.4, 0.5) is 0 Å². The SMILES string of the molecule is OC[C@H]1O[C@@H](O[C@H]2[C@H](O)[C@@H](O)[C@H](OCc3cn(CC4=CCC=C4)nn3)O[C@@H]2CO)[C@H](O)[C@@H](O)[C@H]1O. The average Bonchev–Trinajstić information content (AvgIpc) is 3.54. The Bertz CT molecular complexity index is 892. The Morgan fingerprint density at radius 1 is 0.914 bits per heavy atom.